The molecule has 0 saturated carbocycles. The lowest BCUT2D eigenvalue weighted by Crippen LogP contribution is -2.15. The van der Waals surface area contributed by atoms with Crippen LogP contribution in [-0.2, 0) is 17.1 Å². The van der Waals surface area contributed by atoms with Crippen LogP contribution in [0, 0.1) is 6.92 Å². The zero-order valence-corrected chi connectivity index (χ0v) is 16.3. The van der Waals surface area contributed by atoms with Gasteiger partial charge in [-0.2, -0.15) is 0 Å². The quantitative estimate of drug-likeness (QED) is 0.351. The zero-order valence-electron chi connectivity index (χ0n) is 14.7. The molecule has 0 fully saturated rings. The Bertz CT molecular complexity index is 1200. The Morgan fingerprint density at radius 1 is 1.36 bits per heavy atom. The SMILES string of the molecule is Cc1cc(CSc2ncccc2C(=O)OCc2cc(=O)n3ccsc3n2)no1. The molecular weight excluding hydrogens is 400 g/mol. The first-order valence-electron chi connectivity index (χ1n) is 8.23. The van der Waals surface area contributed by atoms with Gasteiger partial charge in [0.1, 0.15) is 17.4 Å². The topological polar surface area (TPSA) is 99.6 Å². The van der Waals surface area contributed by atoms with Crippen LogP contribution in [0.3, 0.4) is 0 Å². The van der Waals surface area contributed by atoms with E-state index in [1.54, 1.807) is 29.9 Å². The van der Waals surface area contributed by atoms with Gasteiger partial charge in [-0.25, -0.2) is 14.8 Å². The summed E-state index contributed by atoms with van der Waals surface area (Å²) in [6.45, 7) is 1.72. The number of thioether (sulfide) groups is 1. The number of aryl methyl sites for hydroxylation is 1. The van der Waals surface area contributed by atoms with Crippen molar-refractivity contribution in [3.63, 3.8) is 0 Å². The molecule has 0 atom stereocenters. The zero-order chi connectivity index (χ0) is 19.5. The molecule has 0 aromatic carbocycles. The number of nitrogens with zero attached hydrogens (tertiary/aromatic N) is 4. The van der Waals surface area contributed by atoms with Gasteiger partial charge in [0, 0.05) is 35.7 Å². The molecule has 4 heterocycles. The minimum Gasteiger partial charge on any atom is -0.456 e. The van der Waals surface area contributed by atoms with Crippen molar-refractivity contribution in [3.8, 4) is 0 Å². The lowest BCUT2D eigenvalue weighted by atomic mass is 10.3. The van der Waals surface area contributed by atoms with Gasteiger partial charge in [-0.1, -0.05) is 16.9 Å². The van der Waals surface area contributed by atoms with E-state index >= 15 is 0 Å². The summed E-state index contributed by atoms with van der Waals surface area (Å²) in [7, 11) is 0. The van der Waals surface area contributed by atoms with E-state index in [-0.39, 0.29) is 12.2 Å². The van der Waals surface area contributed by atoms with E-state index in [4.69, 9.17) is 9.26 Å². The van der Waals surface area contributed by atoms with Gasteiger partial charge in [0.25, 0.3) is 5.56 Å². The Kier molecular flexibility index (Phi) is 5.22. The van der Waals surface area contributed by atoms with E-state index in [0.29, 0.717) is 27.0 Å². The summed E-state index contributed by atoms with van der Waals surface area (Å²) in [5.74, 6) is 0.713. The largest absolute Gasteiger partial charge is 0.456 e. The number of thiazole rings is 1. The number of hydrogen-bond donors (Lipinski definition) is 0. The summed E-state index contributed by atoms with van der Waals surface area (Å²) < 4.78 is 11.8. The van der Waals surface area contributed by atoms with Crippen molar-refractivity contribution in [1.29, 1.82) is 0 Å². The van der Waals surface area contributed by atoms with E-state index in [1.807, 2.05) is 13.0 Å². The molecular formula is C18H14N4O4S2. The molecule has 142 valence electrons. The predicted octanol–water partition coefficient (Wildman–Crippen LogP) is 3.10. The van der Waals surface area contributed by atoms with Gasteiger partial charge in [-0.05, 0) is 19.1 Å². The van der Waals surface area contributed by atoms with E-state index in [2.05, 4.69) is 15.1 Å². The Labute approximate surface area is 167 Å². The number of carbonyl (C=O) groups excluding carboxylic acids is 1. The van der Waals surface area contributed by atoms with Crippen molar-refractivity contribution in [2.75, 3.05) is 0 Å². The van der Waals surface area contributed by atoms with Crippen LogP contribution in [0.2, 0.25) is 0 Å². The van der Waals surface area contributed by atoms with Crippen molar-refractivity contribution in [1.82, 2.24) is 19.5 Å². The van der Waals surface area contributed by atoms with Gasteiger partial charge >= 0.3 is 5.97 Å². The van der Waals surface area contributed by atoms with Crippen LogP contribution in [0.25, 0.3) is 4.96 Å². The van der Waals surface area contributed by atoms with Gasteiger partial charge in [-0.3, -0.25) is 9.20 Å². The molecule has 0 bridgehead atoms. The monoisotopic (exact) mass is 414 g/mol. The number of carbonyl (C=O) groups is 1. The summed E-state index contributed by atoms with van der Waals surface area (Å²) in [5.41, 5.74) is 1.30. The maximum absolute atomic E-state index is 12.5. The van der Waals surface area contributed by atoms with Crippen LogP contribution in [0.5, 0.6) is 0 Å². The van der Waals surface area contributed by atoms with Crippen LogP contribution >= 0.6 is 23.1 Å². The molecule has 0 amide bonds. The fraction of sp³-hybridized carbons (Fsp3) is 0.167. The highest BCUT2D eigenvalue weighted by molar-refractivity contribution is 7.98. The van der Waals surface area contributed by atoms with Crippen LogP contribution in [-0.4, -0.2) is 25.5 Å². The third-order valence-corrected chi connectivity index (χ3v) is 5.53. The minimum absolute atomic E-state index is 0.0933. The number of ether oxygens (including phenoxy) is 1. The van der Waals surface area contributed by atoms with Gasteiger partial charge in [0.2, 0.25) is 0 Å². The molecule has 0 aliphatic carbocycles. The first-order valence-corrected chi connectivity index (χ1v) is 10.1. The molecule has 10 heteroatoms. The van der Waals surface area contributed by atoms with Gasteiger partial charge in [0.05, 0.1) is 17.0 Å². The van der Waals surface area contributed by atoms with Crippen LogP contribution < -0.4 is 5.56 Å². The number of aromatic nitrogens is 4. The highest BCUT2D eigenvalue weighted by Gasteiger charge is 2.16. The van der Waals surface area contributed by atoms with Crippen LogP contribution in [0.4, 0.5) is 0 Å². The first-order chi connectivity index (χ1) is 13.6. The second-order valence-electron chi connectivity index (χ2n) is 5.79. The van der Waals surface area contributed by atoms with Crippen molar-refractivity contribution < 1.29 is 14.1 Å². The van der Waals surface area contributed by atoms with E-state index < -0.39 is 5.97 Å². The number of hydrogen-bond acceptors (Lipinski definition) is 9. The molecule has 0 N–H and O–H groups in total. The van der Waals surface area contributed by atoms with Crippen LogP contribution in [0.15, 0.2) is 56.4 Å². The van der Waals surface area contributed by atoms with Gasteiger partial charge < -0.3 is 9.26 Å². The summed E-state index contributed by atoms with van der Waals surface area (Å²) in [6, 6.07) is 6.51. The van der Waals surface area contributed by atoms with Crippen molar-refractivity contribution in [2.24, 2.45) is 0 Å². The van der Waals surface area contributed by atoms with Crippen molar-refractivity contribution >= 4 is 34.0 Å². The number of esters is 1. The van der Waals surface area contributed by atoms with Crippen LogP contribution in [0.1, 0.15) is 27.5 Å². The summed E-state index contributed by atoms with van der Waals surface area (Å²) >= 11 is 2.71. The standard InChI is InChI=1S/C18H14N4O4S2/c1-11-7-13(21-26-11)10-28-16-14(3-2-4-19-16)17(24)25-9-12-8-15(23)22-5-6-27-18(22)20-12/h2-8H,9-10H2,1H3. The maximum atomic E-state index is 12.5. The Morgan fingerprint density at radius 3 is 3.07 bits per heavy atom. The molecule has 0 radical (unpaired) electrons. The molecule has 0 aliphatic rings. The number of pyridine rings is 1. The molecule has 4 rings (SSSR count). The smallest absolute Gasteiger partial charge is 0.341 e. The summed E-state index contributed by atoms with van der Waals surface area (Å²) in [6.07, 6.45) is 3.26. The van der Waals surface area contributed by atoms with Gasteiger partial charge in [0.15, 0.2) is 4.96 Å². The number of fused-ring (bicyclic) bond motifs is 1. The Hall–Kier alpha value is -2.98. The fourth-order valence-corrected chi connectivity index (χ4v) is 4.07. The molecule has 0 saturated heterocycles. The highest BCUT2D eigenvalue weighted by Crippen LogP contribution is 2.24. The second kappa shape index (κ2) is 7.95. The van der Waals surface area contributed by atoms with E-state index in [0.717, 1.165) is 11.5 Å². The van der Waals surface area contributed by atoms with Gasteiger partial charge in [-0.15, -0.1) is 11.3 Å². The van der Waals surface area contributed by atoms with Crippen molar-refractivity contribution in [3.05, 3.63) is 75.1 Å². The predicted molar refractivity (Wildman–Crippen MR) is 103 cm³/mol. The van der Waals surface area contributed by atoms with E-state index in [9.17, 15) is 9.59 Å². The maximum Gasteiger partial charge on any atom is 0.341 e. The molecule has 4 aromatic heterocycles. The fourth-order valence-electron chi connectivity index (χ4n) is 2.47. The first kappa shape index (κ1) is 18.4. The average Bonchev–Trinajstić information content (AvgIpc) is 3.33. The normalized spacial score (nSPS) is 11.0. The lowest BCUT2D eigenvalue weighted by Gasteiger charge is -2.08. The summed E-state index contributed by atoms with van der Waals surface area (Å²) in [5, 5.41) is 6.24. The minimum atomic E-state index is -0.528. The lowest BCUT2D eigenvalue weighted by molar-refractivity contribution is 0.0462. The third kappa shape index (κ3) is 3.97. The summed E-state index contributed by atoms with van der Waals surface area (Å²) in [4.78, 5) is 33.7. The Balaban J connectivity index is 1.46. The van der Waals surface area contributed by atoms with Crippen molar-refractivity contribution in [2.45, 2.75) is 24.3 Å². The molecule has 0 aliphatic heterocycles. The molecule has 28 heavy (non-hydrogen) atoms. The molecule has 0 spiro atoms. The molecule has 4 aromatic rings. The number of rotatable bonds is 6. The third-order valence-electron chi connectivity index (χ3n) is 3.73. The molecule has 8 nitrogen and oxygen atoms in total. The Morgan fingerprint density at radius 2 is 2.25 bits per heavy atom. The molecule has 0 unspecified atom stereocenters. The second-order valence-corrected chi connectivity index (χ2v) is 7.63. The van der Waals surface area contributed by atoms with E-state index in [1.165, 1.54) is 33.6 Å². The highest BCUT2D eigenvalue weighted by atomic mass is 32.2. The average molecular weight is 414 g/mol.